The number of benzene rings is 1. The fourth-order valence-corrected chi connectivity index (χ4v) is 4.73. The third-order valence-corrected chi connectivity index (χ3v) is 7.85. The lowest BCUT2D eigenvalue weighted by molar-refractivity contribution is -0.133. The van der Waals surface area contributed by atoms with E-state index in [1.165, 1.54) is 21.0 Å². The van der Waals surface area contributed by atoms with E-state index in [9.17, 15) is 18.0 Å². The second kappa shape index (κ2) is 9.05. The zero-order valence-electron chi connectivity index (χ0n) is 17.0. The molecule has 1 unspecified atom stereocenters. The molecule has 1 atom stereocenters. The molecule has 1 aromatic carbocycles. The van der Waals surface area contributed by atoms with Crippen LogP contribution in [-0.4, -0.2) is 50.1 Å². The monoisotopic (exact) mass is 410 g/mol. The molecule has 1 saturated heterocycles. The Morgan fingerprint density at radius 2 is 1.89 bits per heavy atom. The number of hydroxylamine groups is 1. The van der Waals surface area contributed by atoms with Crippen molar-refractivity contribution in [1.29, 1.82) is 0 Å². The summed E-state index contributed by atoms with van der Waals surface area (Å²) in [5.41, 5.74) is 3.13. The predicted octanol–water partition coefficient (Wildman–Crippen LogP) is 2.11. The molecule has 0 radical (unpaired) electrons. The van der Waals surface area contributed by atoms with Gasteiger partial charge in [0.15, 0.2) is 14.6 Å². The van der Waals surface area contributed by atoms with Crippen molar-refractivity contribution in [2.24, 2.45) is 5.92 Å². The Labute approximate surface area is 167 Å². The molecule has 0 saturated carbocycles. The number of hydrogen-bond donors (Lipinski definition) is 1. The van der Waals surface area contributed by atoms with Crippen molar-refractivity contribution in [2.75, 3.05) is 20.2 Å². The average Bonchev–Trinajstić information content (AvgIpc) is 3.15. The van der Waals surface area contributed by atoms with Crippen LogP contribution in [0.4, 0.5) is 0 Å². The highest BCUT2D eigenvalue weighted by atomic mass is 32.2. The second-order valence-corrected chi connectivity index (χ2v) is 10.2. The predicted molar refractivity (Wildman–Crippen MR) is 106 cm³/mol. The maximum Gasteiger partial charge on any atom is 0.264 e. The molecule has 1 aliphatic rings. The molecule has 0 spiro atoms. The molecular weight excluding hydrogens is 380 g/mol. The van der Waals surface area contributed by atoms with Gasteiger partial charge in [0.25, 0.3) is 5.91 Å². The van der Waals surface area contributed by atoms with Crippen LogP contribution < -0.4 is 5.48 Å². The average molecular weight is 411 g/mol. The molecule has 28 heavy (non-hydrogen) atoms. The van der Waals surface area contributed by atoms with E-state index in [-0.39, 0.29) is 10.8 Å². The van der Waals surface area contributed by atoms with E-state index in [2.05, 4.69) is 10.3 Å². The first kappa shape index (κ1) is 22.4. The number of nitrogens with one attached hydrogen (secondary N) is 1. The molecule has 8 heteroatoms. The summed E-state index contributed by atoms with van der Waals surface area (Å²) in [6.45, 7) is 6.22. The lowest BCUT2D eigenvalue weighted by Crippen LogP contribution is -2.47. The van der Waals surface area contributed by atoms with Crippen LogP contribution in [0.1, 0.15) is 45.6 Å². The van der Waals surface area contributed by atoms with Crippen molar-refractivity contribution in [2.45, 2.75) is 56.1 Å². The highest BCUT2D eigenvalue weighted by Gasteiger charge is 2.43. The molecular formula is C20H30N2O5S. The van der Waals surface area contributed by atoms with Crippen LogP contribution in [0.25, 0.3) is 0 Å². The van der Waals surface area contributed by atoms with Gasteiger partial charge in [-0.05, 0) is 56.7 Å². The highest BCUT2D eigenvalue weighted by Crippen LogP contribution is 2.27. The van der Waals surface area contributed by atoms with Crippen molar-refractivity contribution in [3.8, 4) is 0 Å². The van der Waals surface area contributed by atoms with Gasteiger partial charge in [0.1, 0.15) is 0 Å². The van der Waals surface area contributed by atoms with E-state index in [1.807, 2.05) is 11.8 Å². The standard InChI is InChI=1S/C20H30N2O5S/c1-5-18(23)22-13-12-16(14-22)7-6-15-8-10-17(11-9-15)28(25,26)20(2,3)19(24)21-27-4/h8-11,16H,5-7,12-14H2,1-4H3,(H,21,24). The van der Waals surface area contributed by atoms with Crippen LogP contribution >= 0.6 is 0 Å². The summed E-state index contributed by atoms with van der Waals surface area (Å²) in [6.07, 6.45) is 3.34. The first-order valence-electron chi connectivity index (χ1n) is 9.58. The first-order valence-corrected chi connectivity index (χ1v) is 11.1. The van der Waals surface area contributed by atoms with Crippen molar-refractivity contribution < 1.29 is 22.8 Å². The molecule has 1 fully saturated rings. The Balaban J connectivity index is 2.00. The van der Waals surface area contributed by atoms with Crippen LogP contribution in [0, 0.1) is 5.92 Å². The van der Waals surface area contributed by atoms with Gasteiger partial charge in [0.05, 0.1) is 12.0 Å². The fraction of sp³-hybridized carbons (Fsp3) is 0.600. The number of likely N-dealkylation sites (tertiary alicyclic amines) is 1. The van der Waals surface area contributed by atoms with Gasteiger partial charge >= 0.3 is 0 Å². The summed E-state index contributed by atoms with van der Waals surface area (Å²) in [5, 5.41) is 0. The van der Waals surface area contributed by atoms with Crippen molar-refractivity contribution in [1.82, 2.24) is 10.4 Å². The third-order valence-electron chi connectivity index (χ3n) is 5.43. The Hall–Kier alpha value is -1.93. The molecule has 2 amide bonds. The summed E-state index contributed by atoms with van der Waals surface area (Å²) < 4.78 is 24.0. The van der Waals surface area contributed by atoms with Gasteiger partial charge < -0.3 is 4.90 Å². The minimum atomic E-state index is -3.86. The van der Waals surface area contributed by atoms with Crippen LogP contribution in [0.15, 0.2) is 29.2 Å². The highest BCUT2D eigenvalue weighted by molar-refractivity contribution is 7.93. The van der Waals surface area contributed by atoms with Gasteiger partial charge in [0, 0.05) is 19.5 Å². The molecule has 0 bridgehead atoms. The second-order valence-electron chi connectivity index (χ2n) is 7.68. The molecule has 1 aromatic rings. The number of nitrogens with zero attached hydrogens (tertiary/aromatic N) is 1. The van der Waals surface area contributed by atoms with Gasteiger partial charge in [-0.3, -0.25) is 14.4 Å². The molecule has 1 aliphatic heterocycles. The van der Waals surface area contributed by atoms with E-state index < -0.39 is 20.5 Å². The van der Waals surface area contributed by atoms with E-state index in [4.69, 9.17) is 0 Å². The zero-order chi connectivity index (χ0) is 20.9. The molecule has 7 nitrogen and oxygen atoms in total. The Kier molecular flexibility index (Phi) is 7.22. The van der Waals surface area contributed by atoms with Gasteiger partial charge in [0.2, 0.25) is 5.91 Å². The number of hydrogen-bond acceptors (Lipinski definition) is 5. The number of carbonyl (C=O) groups is 2. The van der Waals surface area contributed by atoms with Crippen molar-refractivity contribution in [3.63, 3.8) is 0 Å². The molecule has 2 rings (SSSR count). The third kappa shape index (κ3) is 4.72. The van der Waals surface area contributed by atoms with Crippen LogP contribution in [0.3, 0.4) is 0 Å². The summed E-state index contributed by atoms with van der Waals surface area (Å²) >= 11 is 0. The molecule has 1 N–H and O–H groups in total. The number of carbonyl (C=O) groups excluding carboxylic acids is 2. The summed E-state index contributed by atoms with van der Waals surface area (Å²) in [7, 11) is -2.60. The number of amides is 2. The van der Waals surface area contributed by atoms with Gasteiger partial charge in [-0.2, -0.15) is 0 Å². The van der Waals surface area contributed by atoms with Crippen LogP contribution in [0.5, 0.6) is 0 Å². The van der Waals surface area contributed by atoms with Crippen molar-refractivity contribution >= 4 is 21.7 Å². The normalized spacial score (nSPS) is 17.6. The number of aryl methyl sites for hydroxylation is 1. The summed E-state index contributed by atoms with van der Waals surface area (Å²) in [6, 6.07) is 6.68. The molecule has 1 heterocycles. The first-order chi connectivity index (χ1) is 13.1. The number of sulfone groups is 1. The van der Waals surface area contributed by atoms with E-state index >= 15 is 0 Å². The molecule has 156 valence electrons. The Bertz CT molecular complexity index is 802. The van der Waals surface area contributed by atoms with Crippen molar-refractivity contribution in [3.05, 3.63) is 29.8 Å². The van der Waals surface area contributed by atoms with E-state index in [0.29, 0.717) is 12.3 Å². The molecule has 0 aromatic heterocycles. The fourth-order valence-electron chi connectivity index (χ4n) is 3.36. The van der Waals surface area contributed by atoms with Gasteiger partial charge in [-0.15, -0.1) is 0 Å². The minimum Gasteiger partial charge on any atom is -0.342 e. The van der Waals surface area contributed by atoms with Gasteiger partial charge in [-0.1, -0.05) is 19.1 Å². The topological polar surface area (TPSA) is 92.8 Å². The summed E-state index contributed by atoms with van der Waals surface area (Å²) in [4.78, 5) is 30.4. The lowest BCUT2D eigenvalue weighted by atomic mass is 9.99. The number of rotatable bonds is 8. The van der Waals surface area contributed by atoms with Gasteiger partial charge in [-0.25, -0.2) is 13.9 Å². The smallest absolute Gasteiger partial charge is 0.264 e. The Morgan fingerprint density at radius 1 is 1.25 bits per heavy atom. The van der Waals surface area contributed by atoms with E-state index in [0.717, 1.165) is 37.9 Å². The van der Waals surface area contributed by atoms with E-state index in [1.54, 1.807) is 24.3 Å². The van der Waals surface area contributed by atoms with Crippen LogP contribution in [-0.2, 0) is 30.7 Å². The van der Waals surface area contributed by atoms with Crippen LogP contribution in [0.2, 0.25) is 0 Å². The molecule has 0 aliphatic carbocycles. The lowest BCUT2D eigenvalue weighted by Gasteiger charge is -2.23. The maximum atomic E-state index is 12.8. The minimum absolute atomic E-state index is 0.105. The largest absolute Gasteiger partial charge is 0.342 e. The zero-order valence-corrected chi connectivity index (χ0v) is 17.8. The SMILES string of the molecule is CCC(=O)N1CCC(CCc2ccc(S(=O)(=O)C(C)(C)C(=O)NOC)cc2)C1. The maximum absolute atomic E-state index is 12.8. The Morgan fingerprint density at radius 3 is 2.46 bits per heavy atom. The summed E-state index contributed by atoms with van der Waals surface area (Å²) in [5.74, 6) is -0.0285. The quantitative estimate of drug-likeness (QED) is 0.663.